The molecule has 2 amide bonds. The second-order valence-electron chi connectivity index (χ2n) is 8.48. The molecule has 0 radical (unpaired) electrons. The van der Waals surface area contributed by atoms with Crippen molar-refractivity contribution in [1.82, 2.24) is 4.90 Å². The molecule has 1 aliphatic rings. The maximum absolute atomic E-state index is 13.1. The lowest BCUT2D eigenvalue weighted by Gasteiger charge is -2.36. The van der Waals surface area contributed by atoms with Crippen molar-refractivity contribution >= 4 is 46.1 Å². The van der Waals surface area contributed by atoms with Crippen LogP contribution in [0.15, 0.2) is 47.8 Å². The molecule has 0 saturated carbocycles. The molecule has 0 aliphatic carbocycles. The molecular formula is C28H32ClN3O5S. The van der Waals surface area contributed by atoms with Gasteiger partial charge in [-0.15, -0.1) is 11.3 Å². The molecule has 38 heavy (non-hydrogen) atoms. The molecule has 1 aromatic heterocycles. The fraction of sp³-hybridized carbons (Fsp3) is 0.357. The van der Waals surface area contributed by atoms with Gasteiger partial charge < -0.3 is 29.3 Å². The Hall–Kier alpha value is -3.43. The van der Waals surface area contributed by atoms with Crippen LogP contribution in [-0.4, -0.2) is 62.7 Å². The number of hydrogen-bond acceptors (Lipinski definition) is 7. The summed E-state index contributed by atoms with van der Waals surface area (Å²) in [5.74, 6) is 1.14. The van der Waals surface area contributed by atoms with Crippen molar-refractivity contribution in [2.24, 2.45) is 0 Å². The fourth-order valence-corrected chi connectivity index (χ4v) is 5.26. The molecule has 0 atom stereocenters. The highest BCUT2D eigenvalue weighted by molar-refractivity contribution is 7.12. The topological polar surface area (TPSA) is 80.3 Å². The molecule has 2 heterocycles. The van der Waals surface area contributed by atoms with E-state index in [1.807, 2.05) is 55.3 Å². The predicted octanol–water partition coefficient (Wildman–Crippen LogP) is 5.81. The Morgan fingerprint density at radius 1 is 0.921 bits per heavy atom. The van der Waals surface area contributed by atoms with E-state index < -0.39 is 0 Å². The second-order valence-corrected chi connectivity index (χ2v) is 9.83. The summed E-state index contributed by atoms with van der Waals surface area (Å²) in [6.07, 6.45) is 0. The number of benzene rings is 2. The highest BCUT2D eigenvalue weighted by atomic mass is 35.5. The van der Waals surface area contributed by atoms with Crippen LogP contribution in [-0.2, 0) is 0 Å². The maximum atomic E-state index is 13.1. The Kier molecular flexibility index (Phi) is 9.36. The van der Waals surface area contributed by atoms with Crippen LogP contribution in [0.2, 0.25) is 5.02 Å². The zero-order chi connectivity index (χ0) is 27.1. The van der Waals surface area contributed by atoms with Gasteiger partial charge in [0.05, 0.1) is 35.4 Å². The van der Waals surface area contributed by atoms with Crippen LogP contribution in [0.25, 0.3) is 0 Å². The summed E-state index contributed by atoms with van der Waals surface area (Å²) in [7, 11) is 0. The quantitative estimate of drug-likeness (QED) is 0.339. The van der Waals surface area contributed by atoms with Crippen LogP contribution in [0.3, 0.4) is 0 Å². The lowest BCUT2D eigenvalue weighted by atomic mass is 10.1. The van der Waals surface area contributed by atoms with Crippen molar-refractivity contribution in [2.45, 2.75) is 20.8 Å². The van der Waals surface area contributed by atoms with Crippen molar-refractivity contribution < 1.29 is 23.8 Å². The number of thiophene rings is 1. The number of anilines is 2. The van der Waals surface area contributed by atoms with Gasteiger partial charge in [-0.2, -0.15) is 0 Å². The molecule has 0 unspecified atom stereocenters. The number of carbonyl (C=O) groups excluding carboxylic acids is 2. The SMILES string of the molecule is CCOc1cc(C(=O)Nc2ccc(N3CCN(C(=O)c4cccs4)CC3)c(Cl)c2)cc(OCC)c1OCC. The first-order valence-electron chi connectivity index (χ1n) is 12.7. The van der Waals surface area contributed by atoms with Crippen LogP contribution >= 0.6 is 22.9 Å². The van der Waals surface area contributed by atoms with Crippen LogP contribution in [0, 0.1) is 0 Å². The number of piperazine rings is 1. The summed E-state index contributed by atoms with van der Waals surface area (Å²) < 4.78 is 17.2. The summed E-state index contributed by atoms with van der Waals surface area (Å²) in [6.45, 7) is 9.49. The number of amides is 2. The van der Waals surface area contributed by atoms with Gasteiger partial charge in [-0.3, -0.25) is 9.59 Å². The Balaban J connectivity index is 1.44. The van der Waals surface area contributed by atoms with Gasteiger partial charge in [0.25, 0.3) is 11.8 Å². The standard InChI is InChI=1S/C28H32ClN3O5S/c1-4-35-23-16-19(17-24(36-5-2)26(23)37-6-3)27(33)30-20-9-10-22(21(29)18-20)31-11-13-32(14-12-31)28(34)25-8-7-15-38-25/h7-10,15-18H,4-6,11-14H2,1-3H3,(H,30,33). The zero-order valence-corrected chi connectivity index (χ0v) is 23.4. The average molecular weight is 558 g/mol. The van der Waals surface area contributed by atoms with E-state index in [9.17, 15) is 9.59 Å². The van der Waals surface area contributed by atoms with Gasteiger partial charge in [-0.25, -0.2) is 0 Å². The lowest BCUT2D eigenvalue weighted by Crippen LogP contribution is -2.48. The van der Waals surface area contributed by atoms with E-state index in [-0.39, 0.29) is 11.8 Å². The molecule has 3 aromatic rings. The van der Waals surface area contributed by atoms with E-state index in [4.69, 9.17) is 25.8 Å². The van der Waals surface area contributed by atoms with E-state index >= 15 is 0 Å². The van der Waals surface area contributed by atoms with Crippen LogP contribution in [0.1, 0.15) is 40.8 Å². The molecule has 8 nitrogen and oxygen atoms in total. The van der Waals surface area contributed by atoms with E-state index in [1.165, 1.54) is 11.3 Å². The molecule has 202 valence electrons. The van der Waals surface area contributed by atoms with Gasteiger partial charge in [0.2, 0.25) is 5.75 Å². The third-order valence-electron chi connectivity index (χ3n) is 6.02. The van der Waals surface area contributed by atoms with Gasteiger partial charge >= 0.3 is 0 Å². The fourth-order valence-electron chi connectivity index (χ4n) is 4.27. The molecule has 10 heteroatoms. The van der Waals surface area contributed by atoms with Crippen molar-refractivity contribution in [3.63, 3.8) is 0 Å². The molecule has 1 fully saturated rings. The first kappa shape index (κ1) is 27.6. The Labute approximate surface area is 232 Å². The Morgan fingerprint density at radius 3 is 2.13 bits per heavy atom. The molecular weight excluding hydrogens is 526 g/mol. The summed E-state index contributed by atoms with van der Waals surface area (Å²) in [5, 5.41) is 5.35. The van der Waals surface area contributed by atoms with Crippen molar-refractivity contribution in [3.8, 4) is 17.2 Å². The van der Waals surface area contributed by atoms with Crippen LogP contribution < -0.4 is 24.4 Å². The minimum absolute atomic E-state index is 0.0677. The first-order chi connectivity index (χ1) is 18.4. The summed E-state index contributed by atoms with van der Waals surface area (Å²) in [4.78, 5) is 30.5. The molecule has 4 rings (SSSR count). The highest BCUT2D eigenvalue weighted by Gasteiger charge is 2.24. The monoisotopic (exact) mass is 557 g/mol. The average Bonchev–Trinajstić information content (AvgIpc) is 3.46. The third kappa shape index (κ3) is 6.34. The second kappa shape index (κ2) is 12.9. The third-order valence-corrected chi connectivity index (χ3v) is 7.18. The highest BCUT2D eigenvalue weighted by Crippen LogP contribution is 2.39. The van der Waals surface area contributed by atoms with Gasteiger partial charge in [-0.05, 0) is 62.5 Å². The minimum Gasteiger partial charge on any atom is -0.490 e. The molecule has 0 spiro atoms. The van der Waals surface area contributed by atoms with E-state index in [2.05, 4.69) is 10.2 Å². The van der Waals surface area contributed by atoms with Crippen molar-refractivity contribution in [3.05, 3.63) is 63.3 Å². The molecule has 1 aliphatic heterocycles. The van der Waals surface area contributed by atoms with Gasteiger partial charge in [0, 0.05) is 37.4 Å². The van der Waals surface area contributed by atoms with Gasteiger partial charge in [0.1, 0.15) is 0 Å². The molecule has 1 saturated heterocycles. The number of nitrogens with zero attached hydrogens (tertiary/aromatic N) is 2. The normalized spacial score (nSPS) is 13.3. The number of hydrogen-bond donors (Lipinski definition) is 1. The maximum Gasteiger partial charge on any atom is 0.264 e. The predicted molar refractivity (Wildman–Crippen MR) is 152 cm³/mol. The first-order valence-corrected chi connectivity index (χ1v) is 14.0. The smallest absolute Gasteiger partial charge is 0.264 e. The molecule has 1 N–H and O–H groups in total. The summed E-state index contributed by atoms with van der Waals surface area (Å²) in [5.41, 5.74) is 1.82. The van der Waals surface area contributed by atoms with Gasteiger partial charge in [0.15, 0.2) is 11.5 Å². The Morgan fingerprint density at radius 2 is 1.58 bits per heavy atom. The number of halogens is 1. The van der Waals surface area contributed by atoms with Crippen LogP contribution in [0.4, 0.5) is 11.4 Å². The number of nitrogens with one attached hydrogen (secondary N) is 1. The summed E-state index contributed by atoms with van der Waals surface area (Å²) in [6, 6.07) is 12.5. The number of carbonyl (C=O) groups is 2. The van der Waals surface area contributed by atoms with Crippen molar-refractivity contribution in [1.29, 1.82) is 0 Å². The largest absolute Gasteiger partial charge is 0.490 e. The zero-order valence-electron chi connectivity index (χ0n) is 21.8. The van der Waals surface area contributed by atoms with E-state index in [0.29, 0.717) is 79.5 Å². The molecule has 0 bridgehead atoms. The lowest BCUT2D eigenvalue weighted by molar-refractivity contribution is 0.0751. The minimum atomic E-state index is -0.320. The number of rotatable bonds is 10. The number of ether oxygens (including phenoxy) is 3. The molecule has 2 aromatic carbocycles. The summed E-state index contributed by atoms with van der Waals surface area (Å²) >= 11 is 8.09. The van der Waals surface area contributed by atoms with E-state index in [0.717, 1.165) is 10.6 Å². The van der Waals surface area contributed by atoms with Crippen LogP contribution in [0.5, 0.6) is 17.2 Å². The van der Waals surface area contributed by atoms with Crippen molar-refractivity contribution in [2.75, 3.05) is 56.2 Å². The Bertz CT molecular complexity index is 1230. The van der Waals surface area contributed by atoms with Gasteiger partial charge in [-0.1, -0.05) is 17.7 Å². The van der Waals surface area contributed by atoms with E-state index in [1.54, 1.807) is 18.2 Å².